The second-order valence-corrected chi connectivity index (χ2v) is 23.1. The molecule has 0 atom stereocenters. The number of amidine groups is 1. The number of allylic oxidation sites excluding steroid dienone is 1. The number of aromatic amines is 1. The van der Waals surface area contributed by atoms with Crippen molar-refractivity contribution in [3.63, 3.8) is 0 Å². The first-order valence-corrected chi connectivity index (χ1v) is 30.7. The van der Waals surface area contributed by atoms with E-state index in [1.807, 2.05) is 169 Å². The first-order chi connectivity index (χ1) is 40.5. The summed E-state index contributed by atoms with van der Waals surface area (Å²) in [6.07, 6.45) is 9.49. The number of para-hydroxylation sites is 2. The van der Waals surface area contributed by atoms with E-state index < -0.39 is 0 Å². The number of carbonyl (C=O) groups is 4. The van der Waals surface area contributed by atoms with Crippen LogP contribution in [0, 0.1) is 13.8 Å². The summed E-state index contributed by atoms with van der Waals surface area (Å²) < 4.78 is 1.92. The minimum absolute atomic E-state index is 0.0208. The molecule has 1 aliphatic heterocycles. The molecule has 3 N–H and O–H groups in total. The van der Waals surface area contributed by atoms with Crippen molar-refractivity contribution in [2.75, 3.05) is 31.5 Å². The molecule has 1 aliphatic rings. The zero-order chi connectivity index (χ0) is 58.0. The number of fused-ring (bicyclic) bond motifs is 2. The highest BCUT2D eigenvalue weighted by Gasteiger charge is 2.33. The van der Waals surface area contributed by atoms with Gasteiger partial charge in [-0.1, -0.05) is 138 Å². The normalized spacial score (nSPS) is 12.8. The Balaban J connectivity index is 1.22. The monoisotopic (exact) mass is 1140 g/mol. The van der Waals surface area contributed by atoms with Gasteiger partial charge < -0.3 is 25.4 Å². The van der Waals surface area contributed by atoms with Crippen molar-refractivity contribution in [1.82, 2.24) is 30.1 Å². The number of anilines is 1. The summed E-state index contributed by atoms with van der Waals surface area (Å²) in [7, 11) is 0. The number of hydrogen-bond acceptors (Lipinski definition) is 9. The molecule has 14 heteroatoms. The minimum Gasteiger partial charge on any atom is -0.341 e. The lowest BCUT2D eigenvalue weighted by molar-refractivity contribution is 0.0743. The third-order valence-electron chi connectivity index (χ3n) is 15.1. The van der Waals surface area contributed by atoms with E-state index in [-0.39, 0.29) is 23.6 Å². The molecular formula is C69H70N8O4S2. The maximum absolute atomic E-state index is 14.6. The van der Waals surface area contributed by atoms with Crippen LogP contribution in [-0.4, -0.2) is 80.4 Å². The highest BCUT2D eigenvalue weighted by atomic mass is 32.1. The van der Waals surface area contributed by atoms with E-state index in [1.54, 1.807) is 6.07 Å². The fourth-order valence-corrected chi connectivity index (χ4v) is 12.5. The number of thiazole rings is 2. The van der Waals surface area contributed by atoms with Gasteiger partial charge in [0.25, 0.3) is 23.6 Å². The largest absolute Gasteiger partial charge is 0.341 e. The van der Waals surface area contributed by atoms with Crippen LogP contribution in [0.15, 0.2) is 156 Å². The first kappa shape index (κ1) is 57.6. The molecule has 83 heavy (non-hydrogen) atoms. The Morgan fingerprint density at radius 2 is 0.952 bits per heavy atom. The van der Waals surface area contributed by atoms with Crippen LogP contribution in [0.2, 0.25) is 0 Å². The number of unbranched alkanes of at least 4 members (excludes halogenated alkanes) is 4. The van der Waals surface area contributed by atoms with E-state index >= 15 is 0 Å². The Morgan fingerprint density at radius 1 is 0.506 bits per heavy atom. The van der Waals surface area contributed by atoms with Crippen LogP contribution in [-0.2, 0) is 0 Å². The van der Waals surface area contributed by atoms with Crippen molar-refractivity contribution < 1.29 is 19.2 Å². The quantitative estimate of drug-likeness (QED) is 0.0614. The summed E-state index contributed by atoms with van der Waals surface area (Å²) in [4.78, 5) is 81.4. The van der Waals surface area contributed by atoms with Crippen LogP contribution in [0.3, 0.4) is 0 Å². The Kier molecular flexibility index (Phi) is 18.4. The van der Waals surface area contributed by atoms with Gasteiger partial charge in [0, 0.05) is 59.6 Å². The summed E-state index contributed by atoms with van der Waals surface area (Å²) in [5.41, 5.74) is 10.6. The number of amides is 4. The number of rotatable bonds is 22. The number of hydrogen-bond donors (Lipinski definition) is 3. The molecule has 12 nitrogen and oxygen atoms in total. The number of nitrogens with one attached hydrogen (secondary N) is 3. The lowest BCUT2D eigenvalue weighted by atomic mass is 9.95. The van der Waals surface area contributed by atoms with Gasteiger partial charge in [0.05, 0.1) is 43.0 Å². The number of nitrogens with zero attached hydrogens (tertiary/aromatic N) is 5. The molecule has 0 radical (unpaired) electrons. The molecule has 0 fully saturated rings. The van der Waals surface area contributed by atoms with Crippen molar-refractivity contribution in [3.8, 4) is 21.7 Å². The van der Waals surface area contributed by atoms with Crippen LogP contribution in [0.4, 0.5) is 5.82 Å². The van der Waals surface area contributed by atoms with E-state index in [0.717, 1.165) is 94.1 Å². The minimum atomic E-state index is -0.335. The van der Waals surface area contributed by atoms with E-state index in [0.29, 0.717) is 104 Å². The van der Waals surface area contributed by atoms with E-state index in [2.05, 4.69) is 43.3 Å². The fourth-order valence-electron chi connectivity index (χ4n) is 10.5. The third-order valence-corrected chi connectivity index (χ3v) is 17.2. The van der Waals surface area contributed by atoms with Crippen LogP contribution in [0.1, 0.15) is 148 Å². The highest BCUT2D eigenvalue weighted by Crippen LogP contribution is 2.47. The van der Waals surface area contributed by atoms with Gasteiger partial charge in [-0.05, 0) is 129 Å². The van der Waals surface area contributed by atoms with Crippen LogP contribution in [0.25, 0.3) is 59.4 Å². The molecule has 3 aromatic heterocycles. The van der Waals surface area contributed by atoms with Gasteiger partial charge in [-0.25, -0.2) is 15.0 Å². The van der Waals surface area contributed by atoms with E-state index in [4.69, 9.17) is 15.0 Å². The molecule has 0 saturated heterocycles. The Morgan fingerprint density at radius 3 is 1.45 bits per heavy atom. The molecule has 4 amide bonds. The summed E-state index contributed by atoms with van der Waals surface area (Å²) in [6.45, 7) is 15.1. The summed E-state index contributed by atoms with van der Waals surface area (Å²) >= 11 is 3.02. The molecule has 0 aliphatic carbocycles. The molecule has 9 aromatic rings. The van der Waals surface area contributed by atoms with Crippen molar-refractivity contribution in [1.29, 1.82) is 0 Å². The van der Waals surface area contributed by atoms with E-state index in [9.17, 15) is 19.2 Å². The second-order valence-electron chi connectivity index (χ2n) is 21.1. The van der Waals surface area contributed by atoms with Crippen molar-refractivity contribution in [2.24, 2.45) is 4.99 Å². The van der Waals surface area contributed by atoms with Crippen molar-refractivity contribution in [3.05, 3.63) is 201 Å². The van der Waals surface area contributed by atoms with Gasteiger partial charge in [-0.2, -0.15) is 0 Å². The smallest absolute Gasteiger partial charge is 0.257 e. The van der Waals surface area contributed by atoms with Crippen molar-refractivity contribution >= 4 is 95.6 Å². The van der Waals surface area contributed by atoms with Gasteiger partial charge in [-0.3, -0.25) is 19.2 Å². The summed E-state index contributed by atoms with van der Waals surface area (Å²) in [5, 5.41) is 7.82. The van der Waals surface area contributed by atoms with E-state index in [1.165, 1.54) is 22.7 Å². The molecular weight excluding hydrogens is 1070 g/mol. The standard InChI is InChI=1S/C69H70N8O4S2/c1-7-11-39-76(40-12-8-2)68(80)48-35-31-46(32-36-48)58-54(70-62(74-64(78)50-25-17-15-23-44(50)5)60(58)66-72-52-27-19-21-29-56(52)82-66)43-55-59(47-33-37-49(38-34-47)69(81)77(41-13-9-3)42-14-10-4)61(67-73-53-28-20-22-30-57(53)83-67)63(71-55)75-65(79)51-26-18-16-24-45(51)6/h15-38,43,70H,7-14,39-42H2,1-6H3,(H,74,78)(H,71,75,79). The van der Waals surface area contributed by atoms with Gasteiger partial charge in [-0.15, -0.1) is 22.7 Å². The fraction of sp³-hybridized carbons (Fsp3) is 0.261. The molecule has 4 heterocycles. The zero-order valence-electron chi connectivity index (χ0n) is 48.1. The Bertz CT molecular complexity index is 3860. The maximum atomic E-state index is 14.6. The molecule has 0 bridgehead atoms. The number of aromatic nitrogens is 3. The predicted octanol–water partition coefficient (Wildman–Crippen LogP) is 16.3. The van der Waals surface area contributed by atoms with Gasteiger partial charge >= 0.3 is 0 Å². The maximum Gasteiger partial charge on any atom is 0.257 e. The Hall–Kier alpha value is -8.59. The lowest BCUT2D eigenvalue weighted by Crippen LogP contribution is -2.32. The number of carbonyl (C=O) groups excluding carboxylic acids is 4. The molecule has 10 rings (SSSR count). The van der Waals surface area contributed by atoms with Crippen LogP contribution < -0.4 is 10.6 Å². The van der Waals surface area contributed by atoms with Gasteiger partial charge in [0.2, 0.25) is 0 Å². The third kappa shape index (κ3) is 12.7. The first-order valence-electron chi connectivity index (χ1n) is 29.0. The average molecular weight is 1140 g/mol. The van der Waals surface area contributed by atoms with Crippen LogP contribution in [0.5, 0.6) is 0 Å². The predicted molar refractivity (Wildman–Crippen MR) is 342 cm³/mol. The lowest BCUT2D eigenvalue weighted by Gasteiger charge is -2.22. The number of aliphatic imine (C=N–C) groups is 1. The number of benzene rings is 6. The Labute approximate surface area is 494 Å². The molecule has 422 valence electrons. The topological polar surface area (TPSA) is 153 Å². The van der Waals surface area contributed by atoms with Gasteiger partial charge in [0.15, 0.2) is 0 Å². The average Bonchev–Trinajstić information content (AvgIpc) is 3.45. The highest BCUT2D eigenvalue weighted by molar-refractivity contribution is 7.21. The number of aryl methyl sites for hydroxylation is 2. The van der Waals surface area contributed by atoms with Crippen LogP contribution >= 0.6 is 22.7 Å². The summed E-state index contributed by atoms with van der Waals surface area (Å²) in [5.74, 6) is 0.0232. The summed E-state index contributed by atoms with van der Waals surface area (Å²) in [6, 6.07) is 46.2. The SMILES string of the molecule is CCCCN(CCCC)C(=O)c1ccc(C2=C(c3nc4ccccc4s3)C(NC(=O)c3ccccc3C)=NC2=Cc2[nH]c(NC(=O)c3ccccc3C)c(-c3nc4ccccc4s3)c2-c2ccc(C(=O)N(CCCC)CCCC)cc2)cc1. The molecule has 0 spiro atoms. The zero-order valence-corrected chi connectivity index (χ0v) is 49.7. The van der Waals surface area contributed by atoms with Crippen molar-refractivity contribution in [2.45, 2.75) is 92.9 Å². The molecule has 6 aromatic carbocycles. The second kappa shape index (κ2) is 26.5. The molecule has 0 saturated carbocycles. The van der Waals surface area contributed by atoms with Gasteiger partial charge in [0.1, 0.15) is 21.7 Å². The molecule has 0 unspecified atom stereocenters. The number of H-pyrrole nitrogens is 1.